The van der Waals surface area contributed by atoms with E-state index in [2.05, 4.69) is 58.7 Å². The van der Waals surface area contributed by atoms with E-state index in [4.69, 9.17) is 4.98 Å². The predicted octanol–water partition coefficient (Wildman–Crippen LogP) is 4.58. The second-order valence-corrected chi connectivity index (χ2v) is 8.11. The third kappa shape index (κ3) is 3.08. The first-order chi connectivity index (χ1) is 8.15. The Morgan fingerprint density at radius 2 is 1.67 bits per heavy atom. The number of thiazole rings is 1. The van der Waals surface area contributed by atoms with Gasteiger partial charge in [-0.25, -0.2) is 9.97 Å². The Bertz CT molecular complexity index is 556. The van der Waals surface area contributed by atoms with Gasteiger partial charge in [-0.3, -0.25) is 0 Å². The molecule has 2 rings (SSSR count). The highest BCUT2D eigenvalue weighted by Crippen LogP contribution is 2.30. The van der Waals surface area contributed by atoms with Crippen molar-refractivity contribution >= 4 is 21.7 Å². The average Bonchev–Trinajstić information content (AvgIpc) is 2.57. The SMILES string of the molecule is CC(C)(C)Cc1ccc2nc(C(C)(C)C)sc2n1. The lowest BCUT2D eigenvalue weighted by Gasteiger charge is -2.16. The third-order valence-electron chi connectivity index (χ3n) is 2.67. The smallest absolute Gasteiger partial charge is 0.143 e. The van der Waals surface area contributed by atoms with E-state index in [0.717, 1.165) is 21.8 Å². The van der Waals surface area contributed by atoms with Gasteiger partial charge in [0.1, 0.15) is 15.4 Å². The van der Waals surface area contributed by atoms with Crippen molar-refractivity contribution in [2.24, 2.45) is 5.41 Å². The molecular formula is C15H22N2S. The van der Waals surface area contributed by atoms with E-state index >= 15 is 0 Å². The van der Waals surface area contributed by atoms with Crippen LogP contribution in [-0.2, 0) is 11.8 Å². The first-order valence-electron chi connectivity index (χ1n) is 6.42. The molecule has 0 atom stereocenters. The highest BCUT2D eigenvalue weighted by molar-refractivity contribution is 7.18. The van der Waals surface area contributed by atoms with Gasteiger partial charge in [0.2, 0.25) is 0 Å². The summed E-state index contributed by atoms with van der Waals surface area (Å²) < 4.78 is 0. The number of fused-ring (bicyclic) bond motifs is 1. The Kier molecular flexibility index (Phi) is 3.22. The lowest BCUT2D eigenvalue weighted by Crippen LogP contribution is -2.10. The van der Waals surface area contributed by atoms with Gasteiger partial charge in [0.15, 0.2) is 0 Å². The zero-order chi connectivity index (χ0) is 13.6. The summed E-state index contributed by atoms with van der Waals surface area (Å²) in [6.45, 7) is 13.3. The summed E-state index contributed by atoms with van der Waals surface area (Å²) in [5.41, 5.74) is 2.58. The second kappa shape index (κ2) is 4.30. The lowest BCUT2D eigenvalue weighted by atomic mass is 9.90. The quantitative estimate of drug-likeness (QED) is 0.752. The minimum atomic E-state index is 0.107. The molecule has 0 amide bonds. The lowest BCUT2D eigenvalue weighted by molar-refractivity contribution is 0.407. The molecule has 2 aromatic rings. The average molecular weight is 262 g/mol. The molecule has 0 aliphatic heterocycles. The summed E-state index contributed by atoms with van der Waals surface area (Å²) in [4.78, 5) is 10.5. The minimum absolute atomic E-state index is 0.107. The van der Waals surface area contributed by atoms with Crippen LogP contribution in [0.2, 0.25) is 0 Å². The highest BCUT2D eigenvalue weighted by atomic mass is 32.1. The largest absolute Gasteiger partial charge is 0.240 e. The summed E-state index contributed by atoms with van der Waals surface area (Å²) >= 11 is 1.72. The summed E-state index contributed by atoms with van der Waals surface area (Å²) in [5.74, 6) is 0. The Labute approximate surface area is 113 Å². The van der Waals surface area contributed by atoms with Gasteiger partial charge in [-0.1, -0.05) is 52.9 Å². The molecule has 2 heterocycles. The van der Waals surface area contributed by atoms with Crippen molar-refractivity contribution in [1.29, 1.82) is 0 Å². The number of hydrogen-bond donors (Lipinski definition) is 0. The monoisotopic (exact) mass is 262 g/mol. The maximum absolute atomic E-state index is 4.75. The first kappa shape index (κ1) is 13.5. The molecule has 0 saturated carbocycles. The van der Waals surface area contributed by atoms with Crippen LogP contribution >= 0.6 is 11.3 Å². The fourth-order valence-corrected chi connectivity index (χ4v) is 2.83. The topological polar surface area (TPSA) is 25.8 Å². The van der Waals surface area contributed by atoms with Crippen LogP contribution in [0.4, 0.5) is 0 Å². The Morgan fingerprint density at radius 1 is 1.00 bits per heavy atom. The molecule has 98 valence electrons. The normalized spacial score (nSPS) is 13.2. The number of pyridine rings is 1. The molecule has 0 unspecified atom stereocenters. The molecule has 0 aliphatic rings. The van der Waals surface area contributed by atoms with E-state index in [0.29, 0.717) is 0 Å². The molecule has 0 aliphatic carbocycles. The van der Waals surface area contributed by atoms with Gasteiger partial charge in [-0.15, -0.1) is 0 Å². The molecule has 0 fully saturated rings. The summed E-state index contributed by atoms with van der Waals surface area (Å²) in [7, 11) is 0. The van der Waals surface area contributed by atoms with Crippen LogP contribution in [0.5, 0.6) is 0 Å². The van der Waals surface area contributed by atoms with Crippen molar-refractivity contribution in [3.05, 3.63) is 22.8 Å². The van der Waals surface area contributed by atoms with Crippen molar-refractivity contribution in [3.63, 3.8) is 0 Å². The van der Waals surface area contributed by atoms with Gasteiger partial charge < -0.3 is 0 Å². The van der Waals surface area contributed by atoms with E-state index in [1.807, 2.05) is 0 Å². The van der Waals surface area contributed by atoms with Gasteiger partial charge in [0, 0.05) is 11.1 Å². The van der Waals surface area contributed by atoms with Crippen molar-refractivity contribution in [3.8, 4) is 0 Å². The zero-order valence-electron chi connectivity index (χ0n) is 12.2. The van der Waals surface area contributed by atoms with Crippen molar-refractivity contribution in [2.45, 2.75) is 53.4 Å². The van der Waals surface area contributed by atoms with Crippen LogP contribution in [0.1, 0.15) is 52.2 Å². The van der Waals surface area contributed by atoms with Gasteiger partial charge in [0.05, 0.1) is 0 Å². The number of rotatable bonds is 1. The van der Waals surface area contributed by atoms with Gasteiger partial charge >= 0.3 is 0 Å². The van der Waals surface area contributed by atoms with Crippen molar-refractivity contribution in [2.75, 3.05) is 0 Å². The van der Waals surface area contributed by atoms with Crippen LogP contribution < -0.4 is 0 Å². The van der Waals surface area contributed by atoms with Gasteiger partial charge in [-0.2, -0.15) is 0 Å². The minimum Gasteiger partial charge on any atom is -0.240 e. The van der Waals surface area contributed by atoms with Crippen LogP contribution in [0.3, 0.4) is 0 Å². The number of hydrogen-bond acceptors (Lipinski definition) is 3. The molecule has 3 heteroatoms. The molecule has 0 bridgehead atoms. The third-order valence-corrected chi connectivity index (χ3v) is 4.06. The maximum atomic E-state index is 4.75. The Morgan fingerprint density at radius 3 is 2.22 bits per heavy atom. The second-order valence-electron chi connectivity index (χ2n) is 7.13. The molecule has 0 spiro atoms. The van der Waals surface area contributed by atoms with Gasteiger partial charge in [-0.05, 0) is 24.0 Å². The Hall–Kier alpha value is -0.960. The number of nitrogens with zero attached hydrogens (tertiary/aromatic N) is 2. The highest BCUT2D eigenvalue weighted by Gasteiger charge is 2.20. The molecule has 0 N–H and O–H groups in total. The summed E-state index contributed by atoms with van der Waals surface area (Å²) in [5, 5.41) is 1.16. The molecule has 2 nitrogen and oxygen atoms in total. The van der Waals surface area contributed by atoms with Crippen molar-refractivity contribution < 1.29 is 0 Å². The predicted molar refractivity (Wildman–Crippen MR) is 79.3 cm³/mol. The van der Waals surface area contributed by atoms with E-state index in [1.54, 1.807) is 11.3 Å². The molecule has 18 heavy (non-hydrogen) atoms. The molecule has 0 saturated heterocycles. The molecule has 0 radical (unpaired) electrons. The fourth-order valence-electron chi connectivity index (χ4n) is 1.82. The van der Waals surface area contributed by atoms with E-state index in [9.17, 15) is 0 Å². The maximum Gasteiger partial charge on any atom is 0.143 e. The molecule has 0 aromatic carbocycles. The zero-order valence-corrected chi connectivity index (χ0v) is 13.0. The van der Waals surface area contributed by atoms with Crippen LogP contribution in [-0.4, -0.2) is 9.97 Å². The van der Waals surface area contributed by atoms with E-state index in [-0.39, 0.29) is 10.8 Å². The molecular weight excluding hydrogens is 240 g/mol. The summed E-state index contributed by atoms with van der Waals surface area (Å²) in [6.07, 6.45) is 1.01. The van der Waals surface area contributed by atoms with Crippen LogP contribution in [0.15, 0.2) is 12.1 Å². The first-order valence-corrected chi connectivity index (χ1v) is 7.24. The Balaban J connectivity index is 2.40. The van der Waals surface area contributed by atoms with Gasteiger partial charge in [0.25, 0.3) is 0 Å². The van der Waals surface area contributed by atoms with E-state index in [1.165, 1.54) is 5.69 Å². The van der Waals surface area contributed by atoms with E-state index < -0.39 is 0 Å². The summed E-state index contributed by atoms with van der Waals surface area (Å²) in [6, 6.07) is 4.22. The molecule has 2 aromatic heterocycles. The van der Waals surface area contributed by atoms with Crippen molar-refractivity contribution in [1.82, 2.24) is 9.97 Å². The van der Waals surface area contributed by atoms with Crippen LogP contribution in [0.25, 0.3) is 10.3 Å². The fraction of sp³-hybridized carbons (Fsp3) is 0.600. The standard InChI is InChI=1S/C15H22N2S/c1-14(2,3)9-10-7-8-11-12(16-10)18-13(17-11)15(4,5)6/h7-8H,9H2,1-6H3. The number of aromatic nitrogens is 2. The van der Waals surface area contributed by atoms with Crippen LogP contribution in [0, 0.1) is 5.41 Å².